The van der Waals surface area contributed by atoms with Crippen LogP contribution in [0.25, 0.3) is 5.69 Å². The SMILES string of the molecule is CCOc1cc([C@@H](C[N+](=O)[O-])Sc2nnc(C)n2-c2ccc(OC)cc2)cc(Br)c1OCc1ccc(Br)cc1. The molecule has 0 saturated heterocycles. The number of methoxy groups -OCH3 is 1. The van der Waals surface area contributed by atoms with Crippen LogP contribution in [0.15, 0.2) is 74.8 Å². The Labute approximate surface area is 247 Å². The first-order valence-electron chi connectivity index (χ1n) is 12.0. The van der Waals surface area contributed by atoms with Crippen molar-refractivity contribution in [2.45, 2.75) is 30.9 Å². The first-order valence-corrected chi connectivity index (χ1v) is 14.4. The topological polar surface area (TPSA) is 102 Å². The van der Waals surface area contributed by atoms with Crippen LogP contribution in [0.3, 0.4) is 0 Å². The summed E-state index contributed by atoms with van der Waals surface area (Å²) in [6.07, 6.45) is 0. The van der Waals surface area contributed by atoms with Crippen LogP contribution >= 0.6 is 43.6 Å². The molecule has 0 aliphatic carbocycles. The lowest BCUT2D eigenvalue weighted by molar-refractivity contribution is -0.479. The fourth-order valence-electron chi connectivity index (χ4n) is 3.83. The van der Waals surface area contributed by atoms with Crippen LogP contribution in [-0.4, -0.2) is 39.9 Å². The van der Waals surface area contributed by atoms with Gasteiger partial charge in [-0.15, -0.1) is 10.2 Å². The van der Waals surface area contributed by atoms with Gasteiger partial charge in [0, 0.05) is 15.1 Å². The minimum absolute atomic E-state index is 0.323. The van der Waals surface area contributed by atoms with Crippen LogP contribution in [0.1, 0.15) is 29.1 Å². The molecule has 4 rings (SSSR count). The molecule has 39 heavy (non-hydrogen) atoms. The van der Waals surface area contributed by atoms with Gasteiger partial charge < -0.3 is 14.2 Å². The molecule has 0 unspecified atom stereocenters. The number of hydrogen-bond donors (Lipinski definition) is 0. The summed E-state index contributed by atoms with van der Waals surface area (Å²) >= 11 is 8.31. The number of rotatable bonds is 12. The average molecular weight is 678 g/mol. The summed E-state index contributed by atoms with van der Waals surface area (Å²) in [5.74, 6) is 2.42. The van der Waals surface area contributed by atoms with Gasteiger partial charge in [-0.1, -0.05) is 39.8 Å². The third-order valence-corrected chi connectivity index (χ3v) is 7.99. The molecular formula is C27H26Br2N4O5S. The number of benzene rings is 3. The van der Waals surface area contributed by atoms with Crippen LogP contribution in [0, 0.1) is 17.0 Å². The normalized spacial score (nSPS) is 11.7. The standard InChI is InChI=1S/C27H26Br2N4O5S/c1-4-37-24-14-19(13-23(29)26(24)38-16-18-5-7-20(28)8-6-18)25(15-32(34)35)39-27-31-30-17(2)33(27)21-9-11-22(36-3)12-10-21/h5-14,25H,4,15-16H2,1-3H3/t25-/m1/s1. The van der Waals surface area contributed by atoms with Crippen LogP contribution in [0.4, 0.5) is 0 Å². The van der Waals surface area contributed by atoms with Gasteiger partial charge in [-0.25, -0.2) is 0 Å². The number of nitrogens with zero attached hydrogens (tertiary/aromatic N) is 4. The summed E-state index contributed by atoms with van der Waals surface area (Å²) in [5.41, 5.74) is 2.52. The van der Waals surface area contributed by atoms with E-state index in [1.165, 1.54) is 11.8 Å². The molecular weight excluding hydrogens is 652 g/mol. The van der Waals surface area contributed by atoms with E-state index < -0.39 is 5.25 Å². The van der Waals surface area contributed by atoms with Crippen molar-refractivity contribution in [1.29, 1.82) is 0 Å². The Balaban J connectivity index is 1.66. The first kappa shape index (κ1) is 28.9. The van der Waals surface area contributed by atoms with E-state index in [4.69, 9.17) is 14.2 Å². The highest BCUT2D eigenvalue weighted by molar-refractivity contribution is 9.10. The summed E-state index contributed by atoms with van der Waals surface area (Å²) in [7, 11) is 1.61. The van der Waals surface area contributed by atoms with Gasteiger partial charge in [-0.05, 0) is 89.4 Å². The third kappa shape index (κ3) is 7.31. The number of ether oxygens (including phenoxy) is 3. The van der Waals surface area contributed by atoms with E-state index in [1.807, 2.05) is 73.0 Å². The largest absolute Gasteiger partial charge is 0.497 e. The van der Waals surface area contributed by atoms with Gasteiger partial charge in [0.2, 0.25) is 6.54 Å². The highest BCUT2D eigenvalue weighted by atomic mass is 79.9. The molecule has 4 aromatic rings. The summed E-state index contributed by atoms with van der Waals surface area (Å²) in [6.45, 7) is 4.13. The van der Waals surface area contributed by atoms with Crippen LogP contribution in [0.5, 0.6) is 17.2 Å². The lowest BCUT2D eigenvalue weighted by atomic mass is 10.1. The number of halogens is 2. The van der Waals surface area contributed by atoms with E-state index in [0.29, 0.717) is 45.7 Å². The second kappa shape index (κ2) is 13.3. The smallest absolute Gasteiger partial charge is 0.220 e. The molecule has 12 heteroatoms. The Bertz CT molecular complexity index is 1430. The van der Waals surface area contributed by atoms with E-state index in [1.54, 1.807) is 13.2 Å². The highest BCUT2D eigenvalue weighted by Crippen LogP contribution is 2.43. The number of aryl methyl sites for hydroxylation is 1. The molecule has 0 aliphatic rings. The van der Waals surface area contributed by atoms with Crippen molar-refractivity contribution in [1.82, 2.24) is 14.8 Å². The fourth-order valence-corrected chi connectivity index (χ4v) is 5.83. The molecule has 0 spiro atoms. The van der Waals surface area contributed by atoms with E-state index in [2.05, 4.69) is 42.1 Å². The summed E-state index contributed by atoms with van der Waals surface area (Å²) < 4.78 is 20.8. The fraction of sp³-hybridized carbons (Fsp3) is 0.259. The molecule has 9 nitrogen and oxygen atoms in total. The second-order valence-electron chi connectivity index (χ2n) is 8.36. The Morgan fingerprint density at radius 2 is 1.77 bits per heavy atom. The highest BCUT2D eigenvalue weighted by Gasteiger charge is 2.26. The molecule has 0 aliphatic heterocycles. The molecule has 1 aromatic heterocycles. The molecule has 0 radical (unpaired) electrons. The van der Waals surface area contributed by atoms with Crippen molar-refractivity contribution in [3.8, 4) is 22.9 Å². The van der Waals surface area contributed by atoms with Crippen molar-refractivity contribution in [2.24, 2.45) is 0 Å². The maximum Gasteiger partial charge on any atom is 0.220 e. The summed E-state index contributed by atoms with van der Waals surface area (Å²) in [6, 6.07) is 18.9. The average Bonchev–Trinajstić information content (AvgIpc) is 3.28. The Kier molecular flexibility index (Phi) is 9.87. The molecule has 1 heterocycles. The minimum atomic E-state index is -0.573. The molecule has 0 N–H and O–H groups in total. The number of hydrogen-bond acceptors (Lipinski definition) is 8. The zero-order chi connectivity index (χ0) is 27.9. The van der Waals surface area contributed by atoms with Gasteiger partial charge in [0.05, 0.1) is 18.2 Å². The molecule has 0 amide bonds. The van der Waals surface area contributed by atoms with Gasteiger partial charge in [0.25, 0.3) is 0 Å². The van der Waals surface area contributed by atoms with Gasteiger partial charge in [-0.2, -0.15) is 0 Å². The Hall–Kier alpha value is -3.09. The predicted molar refractivity (Wildman–Crippen MR) is 157 cm³/mol. The lowest BCUT2D eigenvalue weighted by Crippen LogP contribution is -2.12. The van der Waals surface area contributed by atoms with Gasteiger partial charge in [0.1, 0.15) is 23.4 Å². The zero-order valence-corrected chi connectivity index (χ0v) is 25.5. The van der Waals surface area contributed by atoms with E-state index in [0.717, 1.165) is 21.5 Å². The van der Waals surface area contributed by atoms with Crippen molar-refractivity contribution >= 4 is 43.6 Å². The van der Waals surface area contributed by atoms with Crippen molar-refractivity contribution in [3.05, 3.63) is 96.7 Å². The van der Waals surface area contributed by atoms with Crippen molar-refractivity contribution in [2.75, 3.05) is 20.3 Å². The summed E-state index contributed by atoms with van der Waals surface area (Å²) in [5, 5.41) is 20.2. The Morgan fingerprint density at radius 1 is 1.05 bits per heavy atom. The molecule has 204 valence electrons. The van der Waals surface area contributed by atoms with E-state index in [-0.39, 0.29) is 11.5 Å². The minimum Gasteiger partial charge on any atom is -0.497 e. The molecule has 3 aromatic carbocycles. The summed E-state index contributed by atoms with van der Waals surface area (Å²) in [4.78, 5) is 11.4. The second-order valence-corrected chi connectivity index (χ2v) is 11.3. The van der Waals surface area contributed by atoms with Crippen LogP contribution in [0.2, 0.25) is 0 Å². The van der Waals surface area contributed by atoms with Crippen molar-refractivity contribution in [3.63, 3.8) is 0 Å². The number of aromatic nitrogens is 3. The molecule has 0 fully saturated rings. The van der Waals surface area contributed by atoms with Gasteiger partial charge in [-0.3, -0.25) is 14.7 Å². The van der Waals surface area contributed by atoms with Gasteiger partial charge >= 0.3 is 0 Å². The molecule has 0 saturated carbocycles. The Morgan fingerprint density at radius 3 is 2.41 bits per heavy atom. The quantitative estimate of drug-likeness (QED) is 0.0882. The lowest BCUT2D eigenvalue weighted by Gasteiger charge is -2.19. The van der Waals surface area contributed by atoms with Crippen LogP contribution < -0.4 is 14.2 Å². The van der Waals surface area contributed by atoms with Crippen molar-refractivity contribution < 1.29 is 19.1 Å². The van der Waals surface area contributed by atoms with Crippen LogP contribution in [-0.2, 0) is 6.61 Å². The zero-order valence-electron chi connectivity index (χ0n) is 21.5. The predicted octanol–water partition coefficient (Wildman–Crippen LogP) is 7.20. The van der Waals surface area contributed by atoms with E-state index in [9.17, 15) is 10.1 Å². The first-order chi connectivity index (χ1) is 18.8. The molecule has 0 bridgehead atoms. The molecule has 1 atom stereocenters. The van der Waals surface area contributed by atoms with E-state index >= 15 is 0 Å². The monoisotopic (exact) mass is 676 g/mol. The number of thioether (sulfide) groups is 1. The maximum atomic E-state index is 11.7. The third-order valence-electron chi connectivity index (χ3n) is 5.69. The maximum absolute atomic E-state index is 11.7. The number of nitro groups is 1. The van der Waals surface area contributed by atoms with Gasteiger partial charge in [0.15, 0.2) is 16.7 Å².